The number of carbonyl (C=O) groups excluding carboxylic acids is 1. The molecule has 1 N–H and O–H groups in total. The van der Waals surface area contributed by atoms with Gasteiger partial charge in [-0.2, -0.15) is 0 Å². The standard InChI is InChI=1S/C31H38N2O2/c1-23-18-24(2)20-27(19-23)31(34)33-17-15-28(22-29(33)21-25-10-5-4-6-11-25)32-16-9-13-26-12-7-8-14-30(26)35-3/h4-8,10-12,14,18-20,28-29,32H,9,13,15-17,21-22H2,1-3H3/t28-,29+/m0/s1. The van der Waals surface area contributed by atoms with E-state index >= 15 is 0 Å². The van der Waals surface area contributed by atoms with Crippen LogP contribution in [-0.4, -0.2) is 43.1 Å². The van der Waals surface area contributed by atoms with Gasteiger partial charge in [-0.25, -0.2) is 0 Å². The van der Waals surface area contributed by atoms with Crippen molar-refractivity contribution in [3.63, 3.8) is 0 Å². The average molecular weight is 471 g/mol. The summed E-state index contributed by atoms with van der Waals surface area (Å²) in [5.41, 5.74) is 5.63. The predicted octanol–water partition coefficient (Wildman–Crippen LogP) is 5.75. The Morgan fingerprint density at radius 1 is 1.00 bits per heavy atom. The molecule has 184 valence electrons. The summed E-state index contributed by atoms with van der Waals surface area (Å²) in [6, 6.07) is 25.6. The Hall–Kier alpha value is -3.11. The molecule has 2 atom stereocenters. The van der Waals surface area contributed by atoms with Crippen LogP contribution in [0.4, 0.5) is 0 Å². The van der Waals surface area contributed by atoms with Gasteiger partial charge in [-0.15, -0.1) is 0 Å². The number of rotatable bonds is 9. The molecule has 1 fully saturated rings. The number of carbonyl (C=O) groups is 1. The predicted molar refractivity (Wildman–Crippen MR) is 143 cm³/mol. The molecule has 1 aliphatic heterocycles. The molecule has 1 aliphatic rings. The Morgan fingerprint density at radius 2 is 1.71 bits per heavy atom. The second-order valence-corrected chi connectivity index (χ2v) is 9.81. The monoisotopic (exact) mass is 470 g/mol. The van der Waals surface area contributed by atoms with Gasteiger partial charge in [0.1, 0.15) is 5.75 Å². The fourth-order valence-electron chi connectivity index (χ4n) is 5.34. The topological polar surface area (TPSA) is 41.6 Å². The number of benzene rings is 3. The molecule has 0 saturated carbocycles. The lowest BCUT2D eigenvalue weighted by atomic mass is 9.91. The largest absolute Gasteiger partial charge is 0.496 e. The van der Waals surface area contributed by atoms with Crippen molar-refractivity contribution < 1.29 is 9.53 Å². The van der Waals surface area contributed by atoms with E-state index in [0.717, 1.165) is 67.6 Å². The van der Waals surface area contributed by atoms with Crippen LogP contribution >= 0.6 is 0 Å². The molecule has 0 radical (unpaired) electrons. The molecule has 0 spiro atoms. The van der Waals surface area contributed by atoms with Gasteiger partial charge in [-0.3, -0.25) is 4.79 Å². The van der Waals surface area contributed by atoms with Gasteiger partial charge < -0.3 is 15.0 Å². The van der Waals surface area contributed by atoms with Crippen LogP contribution in [0.1, 0.15) is 51.9 Å². The quantitative estimate of drug-likeness (QED) is 0.405. The van der Waals surface area contributed by atoms with E-state index in [4.69, 9.17) is 4.74 Å². The van der Waals surface area contributed by atoms with Gasteiger partial charge in [0.25, 0.3) is 5.91 Å². The zero-order chi connectivity index (χ0) is 24.6. The summed E-state index contributed by atoms with van der Waals surface area (Å²) < 4.78 is 5.49. The summed E-state index contributed by atoms with van der Waals surface area (Å²) in [7, 11) is 1.73. The van der Waals surface area contributed by atoms with E-state index < -0.39 is 0 Å². The highest BCUT2D eigenvalue weighted by atomic mass is 16.5. The lowest BCUT2D eigenvalue weighted by Crippen LogP contribution is -2.52. The highest BCUT2D eigenvalue weighted by molar-refractivity contribution is 5.95. The Labute approximate surface area is 210 Å². The first-order chi connectivity index (χ1) is 17.0. The van der Waals surface area contributed by atoms with Crippen molar-refractivity contribution in [3.05, 3.63) is 101 Å². The number of para-hydroxylation sites is 1. The summed E-state index contributed by atoms with van der Waals surface area (Å²) in [4.78, 5) is 15.7. The summed E-state index contributed by atoms with van der Waals surface area (Å²) >= 11 is 0. The van der Waals surface area contributed by atoms with Crippen LogP contribution in [0.25, 0.3) is 0 Å². The van der Waals surface area contributed by atoms with Gasteiger partial charge in [0.15, 0.2) is 0 Å². The molecule has 3 aromatic carbocycles. The first kappa shape index (κ1) is 25.0. The summed E-state index contributed by atoms with van der Waals surface area (Å²) in [6.45, 7) is 5.87. The Morgan fingerprint density at radius 3 is 2.46 bits per heavy atom. The maximum absolute atomic E-state index is 13.6. The van der Waals surface area contributed by atoms with E-state index in [-0.39, 0.29) is 11.9 Å². The van der Waals surface area contributed by atoms with E-state index in [0.29, 0.717) is 6.04 Å². The van der Waals surface area contributed by atoms with Crippen molar-refractivity contribution in [2.24, 2.45) is 0 Å². The number of hydrogen-bond donors (Lipinski definition) is 1. The third-order valence-corrected chi connectivity index (χ3v) is 7.01. The van der Waals surface area contributed by atoms with Crippen LogP contribution in [0.5, 0.6) is 5.75 Å². The zero-order valence-corrected chi connectivity index (χ0v) is 21.3. The number of aryl methyl sites for hydroxylation is 3. The summed E-state index contributed by atoms with van der Waals surface area (Å²) in [5.74, 6) is 1.13. The van der Waals surface area contributed by atoms with Crippen LogP contribution in [0, 0.1) is 13.8 Å². The molecular formula is C31H38N2O2. The smallest absolute Gasteiger partial charge is 0.254 e. The first-order valence-electron chi connectivity index (χ1n) is 12.8. The number of nitrogens with zero attached hydrogens (tertiary/aromatic N) is 1. The molecule has 4 nitrogen and oxygen atoms in total. The molecule has 4 heteroatoms. The molecule has 35 heavy (non-hydrogen) atoms. The molecule has 0 unspecified atom stereocenters. The van der Waals surface area contributed by atoms with Crippen molar-refractivity contribution in [2.45, 2.75) is 58.0 Å². The van der Waals surface area contributed by atoms with Gasteiger partial charge in [-0.1, -0.05) is 65.7 Å². The molecule has 4 rings (SSSR count). The number of nitrogens with one attached hydrogen (secondary N) is 1. The zero-order valence-electron chi connectivity index (χ0n) is 21.3. The minimum Gasteiger partial charge on any atom is -0.496 e. The second kappa shape index (κ2) is 12.0. The van der Waals surface area contributed by atoms with Crippen molar-refractivity contribution >= 4 is 5.91 Å². The van der Waals surface area contributed by atoms with Crippen LogP contribution in [-0.2, 0) is 12.8 Å². The van der Waals surface area contributed by atoms with E-state index in [1.165, 1.54) is 11.1 Å². The molecule has 1 saturated heterocycles. The van der Waals surface area contributed by atoms with Gasteiger partial charge in [0.2, 0.25) is 0 Å². The lowest BCUT2D eigenvalue weighted by molar-refractivity contribution is 0.0577. The number of methoxy groups -OCH3 is 1. The Balaban J connectivity index is 1.40. The number of piperidine rings is 1. The summed E-state index contributed by atoms with van der Waals surface area (Å²) in [6.07, 6.45) is 4.90. The van der Waals surface area contributed by atoms with Gasteiger partial charge >= 0.3 is 0 Å². The number of likely N-dealkylation sites (tertiary alicyclic amines) is 1. The van der Waals surface area contributed by atoms with Crippen LogP contribution in [0.2, 0.25) is 0 Å². The van der Waals surface area contributed by atoms with Crippen LogP contribution < -0.4 is 10.1 Å². The third-order valence-electron chi connectivity index (χ3n) is 7.01. The number of hydrogen-bond acceptors (Lipinski definition) is 3. The molecule has 1 amide bonds. The maximum atomic E-state index is 13.6. The first-order valence-corrected chi connectivity index (χ1v) is 12.8. The molecule has 0 aromatic heterocycles. The molecule has 1 heterocycles. The SMILES string of the molecule is COc1ccccc1CCCN[C@H]1CCN(C(=O)c2cc(C)cc(C)c2)[C@H](Cc2ccccc2)C1. The molecule has 0 aliphatic carbocycles. The molecule has 0 bridgehead atoms. The number of amides is 1. The highest BCUT2D eigenvalue weighted by Gasteiger charge is 2.32. The molecule has 3 aromatic rings. The van der Waals surface area contributed by atoms with E-state index in [1.807, 2.05) is 24.3 Å². The molecular weight excluding hydrogens is 432 g/mol. The van der Waals surface area contributed by atoms with Crippen LogP contribution in [0.15, 0.2) is 72.8 Å². The third kappa shape index (κ3) is 6.73. The summed E-state index contributed by atoms with van der Waals surface area (Å²) in [5, 5.41) is 3.78. The van der Waals surface area contributed by atoms with Crippen LogP contribution in [0.3, 0.4) is 0 Å². The van der Waals surface area contributed by atoms with E-state index in [9.17, 15) is 4.79 Å². The second-order valence-electron chi connectivity index (χ2n) is 9.81. The Kier molecular flexibility index (Phi) is 8.59. The lowest BCUT2D eigenvalue weighted by Gasteiger charge is -2.40. The van der Waals surface area contributed by atoms with Crippen molar-refractivity contribution in [2.75, 3.05) is 20.2 Å². The Bertz CT molecular complexity index is 1090. The average Bonchev–Trinajstić information content (AvgIpc) is 2.86. The van der Waals surface area contributed by atoms with Crippen molar-refractivity contribution in [1.82, 2.24) is 10.2 Å². The van der Waals surface area contributed by atoms with Gasteiger partial charge in [0, 0.05) is 24.2 Å². The van der Waals surface area contributed by atoms with E-state index in [1.54, 1.807) is 7.11 Å². The van der Waals surface area contributed by atoms with Gasteiger partial charge in [-0.05, 0) is 81.8 Å². The van der Waals surface area contributed by atoms with Gasteiger partial charge in [0.05, 0.1) is 7.11 Å². The van der Waals surface area contributed by atoms with E-state index in [2.05, 4.69) is 72.6 Å². The fourth-order valence-corrected chi connectivity index (χ4v) is 5.34. The normalized spacial score (nSPS) is 17.9. The maximum Gasteiger partial charge on any atom is 0.254 e. The fraction of sp³-hybridized carbons (Fsp3) is 0.387. The minimum atomic E-state index is 0.160. The highest BCUT2D eigenvalue weighted by Crippen LogP contribution is 2.25. The van der Waals surface area contributed by atoms with Crippen molar-refractivity contribution in [1.29, 1.82) is 0 Å². The minimum absolute atomic E-state index is 0.160. The number of ether oxygens (including phenoxy) is 1. The van der Waals surface area contributed by atoms with Crippen molar-refractivity contribution in [3.8, 4) is 5.75 Å².